The number of aromatic nitrogens is 1. The van der Waals surface area contributed by atoms with Gasteiger partial charge < -0.3 is 14.5 Å². The van der Waals surface area contributed by atoms with Gasteiger partial charge in [-0.25, -0.2) is 4.39 Å². The number of rotatable bonds is 7. The fourth-order valence-electron chi connectivity index (χ4n) is 4.80. The minimum atomic E-state index is -0.502. The monoisotopic (exact) mass is 475 g/mol. The smallest absolute Gasteiger partial charge is 0.256 e. The van der Waals surface area contributed by atoms with Crippen LogP contribution in [0.2, 0.25) is 0 Å². The van der Waals surface area contributed by atoms with Crippen molar-refractivity contribution in [1.82, 2.24) is 14.8 Å². The van der Waals surface area contributed by atoms with E-state index < -0.39 is 5.82 Å². The Kier molecular flexibility index (Phi) is 7.75. The first-order valence-electron chi connectivity index (χ1n) is 11.8. The number of carbonyl (C=O) groups is 2. The summed E-state index contributed by atoms with van der Waals surface area (Å²) in [4.78, 5) is 33.8. The molecule has 7 heteroatoms. The molecule has 1 unspecified atom stereocenters. The molecule has 1 aliphatic rings. The lowest BCUT2D eigenvalue weighted by atomic mass is 9.84. The molecule has 0 aliphatic carbocycles. The molecule has 3 aromatic rings. The quantitative estimate of drug-likeness (QED) is 0.506. The van der Waals surface area contributed by atoms with Crippen LogP contribution in [-0.4, -0.2) is 59.9 Å². The molecule has 0 spiro atoms. The van der Waals surface area contributed by atoms with Gasteiger partial charge in [-0.15, -0.1) is 0 Å². The number of likely N-dealkylation sites (N-methyl/N-ethyl adjacent to an activating group) is 1. The van der Waals surface area contributed by atoms with E-state index in [9.17, 15) is 14.0 Å². The van der Waals surface area contributed by atoms with Crippen LogP contribution in [0.1, 0.15) is 39.1 Å². The zero-order valence-electron chi connectivity index (χ0n) is 20.1. The van der Waals surface area contributed by atoms with Gasteiger partial charge in [-0.3, -0.25) is 14.6 Å². The van der Waals surface area contributed by atoms with Crippen LogP contribution < -0.4 is 4.74 Å². The minimum Gasteiger partial charge on any atom is -0.497 e. The first-order chi connectivity index (χ1) is 17.0. The highest BCUT2D eigenvalue weighted by Crippen LogP contribution is 2.29. The molecule has 182 valence electrons. The maximum Gasteiger partial charge on any atom is 0.256 e. The number of methoxy groups -OCH3 is 1. The van der Waals surface area contributed by atoms with Crippen molar-refractivity contribution in [2.45, 2.75) is 25.3 Å². The van der Waals surface area contributed by atoms with Gasteiger partial charge in [0.2, 0.25) is 0 Å². The van der Waals surface area contributed by atoms with Gasteiger partial charge in [-0.2, -0.15) is 0 Å². The van der Waals surface area contributed by atoms with E-state index in [-0.39, 0.29) is 29.3 Å². The second kappa shape index (κ2) is 11.1. The molecule has 35 heavy (non-hydrogen) atoms. The van der Waals surface area contributed by atoms with Crippen molar-refractivity contribution in [1.29, 1.82) is 0 Å². The van der Waals surface area contributed by atoms with E-state index in [0.29, 0.717) is 25.1 Å². The van der Waals surface area contributed by atoms with Crippen molar-refractivity contribution in [2.24, 2.45) is 5.92 Å². The van der Waals surface area contributed by atoms with Crippen LogP contribution in [0, 0.1) is 11.7 Å². The highest BCUT2D eigenvalue weighted by Gasteiger charge is 2.33. The van der Waals surface area contributed by atoms with Crippen LogP contribution in [0.15, 0.2) is 73.1 Å². The number of carbonyl (C=O) groups excluding carboxylic acids is 2. The van der Waals surface area contributed by atoms with Gasteiger partial charge in [0.25, 0.3) is 11.8 Å². The SMILES string of the molecule is COc1cccc(CC(C2CCN(C(=O)c3ccccc3F)CC2)N(C)C(=O)c2cccnc2)c1. The summed E-state index contributed by atoms with van der Waals surface area (Å²) < 4.78 is 19.5. The van der Waals surface area contributed by atoms with Gasteiger partial charge in [-0.1, -0.05) is 24.3 Å². The second-order valence-corrected chi connectivity index (χ2v) is 8.89. The van der Waals surface area contributed by atoms with Crippen molar-refractivity contribution >= 4 is 11.8 Å². The predicted octanol–water partition coefficient (Wildman–Crippen LogP) is 4.47. The molecule has 1 atom stereocenters. The maximum atomic E-state index is 14.2. The van der Waals surface area contributed by atoms with Crippen LogP contribution in [0.4, 0.5) is 4.39 Å². The zero-order valence-corrected chi connectivity index (χ0v) is 20.1. The number of benzene rings is 2. The molecular formula is C28H30FN3O3. The number of piperidine rings is 1. The minimum absolute atomic E-state index is 0.0828. The summed E-state index contributed by atoms with van der Waals surface area (Å²) in [7, 11) is 3.47. The number of amides is 2. The van der Waals surface area contributed by atoms with Gasteiger partial charge in [-0.05, 0) is 67.1 Å². The Balaban J connectivity index is 1.52. The first-order valence-corrected chi connectivity index (χ1v) is 11.8. The van der Waals surface area contributed by atoms with E-state index in [1.807, 2.05) is 31.3 Å². The molecule has 6 nitrogen and oxygen atoms in total. The summed E-state index contributed by atoms with van der Waals surface area (Å²) in [6.07, 6.45) is 5.33. The number of hydrogen-bond acceptors (Lipinski definition) is 4. The third kappa shape index (κ3) is 5.67. The topological polar surface area (TPSA) is 62.7 Å². The van der Waals surface area contributed by atoms with Crippen molar-refractivity contribution in [3.8, 4) is 5.75 Å². The largest absolute Gasteiger partial charge is 0.497 e. The highest BCUT2D eigenvalue weighted by atomic mass is 19.1. The van der Waals surface area contributed by atoms with E-state index in [0.717, 1.165) is 24.2 Å². The fourth-order valence-corrected chi connectivity index (χ4v) is 4.80. The third-order valence-corrected chi connectivity index (χ3v) is 6.78. The standard InChI is InChI=1S/C28H30FN3O3/c1-31(27(33)22-8-6-14-30-19-22)26(18-20-7-5-9-23(17-20)35-2)21-12-15-32(16-13-21)28(34)24-10-3-4-11-25(24)29/h3-11,14,17,19,21,26H,12-13,15-16,18H2,1-2H3. The summed E-state index contributed by atoms with van der Waals surface area (Å²) in [6.45, 7) is 1.03. The van der Waals surface area contributed by atoms with Gasteiger partial charge in [0.15, 0.2) is 0 Å². The van der Waals surface area contributed by atoms with E-state index in [1.54, 1.807) is 53.6 Å². The Hall–Kier alpha value is -3.74. The summed E-state index contributed by atoms with van der Waals surface area (Å²) >= 11 is 0. The van der Waals surface area contributed by atoms with Crippen LogP contribution >= 0.6 is 0 Å². The third-order valence-electron chi connectivity index (χ3n) is 6.78. The van der Waals surface area contributed by atoms with Crippen LogP contribution in [-0.2, 0) is 6.42 Å². The fraction of sp³-hybridized carbons (Fsp3) is 0.321. The van der Waals surface area contributed by atoms with Gasteiger partial charge >= 0.3 is 0 Å². The van der Waals surface area contributed by atoms with E-state index >= 15 is 0 Å². The maximum absolute atomic E-state index is 14.2. The molecule has 1 aromatic heterocycles. The number of ether oxygens (including phenoxy) is 1. The molecule has 1 aliphatic heterocycles. The first kappa shape index (κ1) is 24.4. The molecule has 0 saturated carbocycles. The van der Waals surface area contributed by atoms with Crippen LogP contribution in [0.25, 0.3) is 0 Å². The van der Waals surface area contributed by atoms with E-state index in [4.69, 9.17) is 4.74 Å². The van der Waals surface area contributed by atoms with Gasteiger partial charge in [0, 0.05) is 38.6 Å². The molecule has 1 saturated heterocycles. The van der Waals surface area contributed by atoms with Gasteiger partial charge in [0.05, 0.1) is 18.2 Å². The van der Waals surface area contributed by atoms with E-state index in [2.05, 4.69) is 4.98 Å². The second-order valence-electron chi connectivity index (χ2n) is 8.89. The Morgan fingerprint density at radius 1 is 1.11 bits per heavy atom. The lowest BCUT2D eigenvalue weighted by Gasteiger charge is -2.40. The number of nitrogens with zero attached hydrogens (tertiary/aromatic N) is 3. The van der Waals surface area contributed by atoms with Gasteiger partial charge in [0.1, 0.15) is 11.6 Å². The lowest BCUT2D eigenvalue weighted by molar-refractivity contribution is 0.0520. The molecule has 0 radical (unpaired) electrons. The molecule has 0 N–H and O–H groups in total. The molecule has 2 heterocycles. The lowest BCUT2D eigenvalue weighted by Crippen LogP contribution is -2.48. The predicted molar refractivity (Wildman–Crippen MR) is 132 cm³/mol. The van der Waals surface area contributed by atoms with E-state index in [1.165, 1.54) is 12.1 Å². The van der Waals surface area contributed by atoms with Crippen LogP contribution in [0.3, 0.4) is 0 Å². The summed E-state index contributed by atoms with van der Waals surface area (Å²) in [5, 5.41) is 0. The summed E-state index contributed by atoms with van der Waals surface area (Å²) in [5.41, 5.74) is 1.71. The molecule has 2 aromatic carbocycles. The number of pyridine rings is 1. The molecular weight excluding hydrogens is 445 g/mol. The number of likely N-dealkylation sites (tertiary alicyclic amines) is 1. The molecule has 0 bridgehead atoms. The molecule has 4 rings (SSSR count). The zero-order chi connectivity index (χ0) is 24.8. The number of hydrogen-bond donors (Lipinski definition) is 0. The average molecular weight is 476 g/mol. The summed E-state index contributed by atoms with van der Waals surface area (Å²) in [6, 6.07) is 17.4. The van der Waals surface area contributed by atoms with Crippen molar-refractivity contribution in [2.75, 3.05) is 27.2 Å². The Morgan fingerprint density at radius 3 is 2.57 bits per heavy atom. The Labute approximate surface area is 205 Å². The molecule has 2 amide bonds. The van der Waals surface area contributed by atoms with Crippen molar-refractivity contribution in [3.05, 3.63) is 95.6 Å². The normalized spacial score (nSPS) is 14.9. The summed E-state index contributed by atoms with van der Waals surface area (Å²) in [5.74, 6) is 0.0724. The van der Waals surface area contributed by atoms with Crippen LogP contribution in [0.5, 0.6) is 5.75 Å². The Morgan fingerprint density at radius 2 is 1.89 bits per heavy atom. The van der Waals surface area contributed by atoms with Crippen molar-refractivity contribution < 1.29 is 18.7 Å². The highest BCUT2D eigenvalue weighted by molar-refractivity contribution is 5.95. The average Bonchev–Trinajstić information content (AvgIpc) is 2.91. The Bertz CT molecular complexity index is 1160. The molecule has 1 fully saturated rings. The number of halogens is 1. The van der Waals surface area contributed by atoms with Crippen molar-refractivity contribution in [3.63, 3.8) is 0 Å².